The zero-order valence-electron chi connectivity index (χ0n) is 14.1. The van der Waals surface area contributed by atoms with E-state index in [1.807, 2.05) is 24.3 Å². The highest BCUT2D eigenvalue weighted by atomic mass is 35.5. The Kier molecular flexibility index (Phi) is 4.34. The number of ether oxygens (including phenoxy) is 1. The van der Waals surface area contributed by atoms with Gasteiger partial charge in [-0.3, -0.25) is 9.48 Å². The number of aromatic nitrogens is 3. The summed E-state index contributed by atoms with van der Waals surface area (Å²) in [6.07, 6.45) is 0.129. The summed E-state index contributed by atoms with van der Waals surface area (Å²) in [5, 5.41) is 6.11. The van der Waals surface area contributed by atoms with Crippen molar-refractivity contribution in [3.63, 3.8) is 0 Å². The van der Waals surface area contributed by atoms with Gasteiger partial charge < -0.3 is 9.15 Å². The van der Waals surface area contributed by atoms with Crippen molar-refractivity contribution in [3.8, 4) is 0 Å². The predicted octanol–water partition coefficient (Wildman–Crippen LogP) is 3.98. The number of fused-ring (bicyclic) bond motifs is 2. The summed E-state index contributed by atoms with van der Waals surface area (Å²) in [5.74, 6) is 0.234. The zero-order valence-corrected chi connectivity index (χ0v) is 14.9. The van der Waals surface area contributed by atoms with Crippen molar-refractivity contribution >= 4 is 39.6 Å². The molecule has 0 aliphatic rings. The first-order chi connectivity index (χ1) is 12.6. The van der Waals surface area contributed by atoms with Crippen LogP contribution in [0, 0.1) is 0 Å². The SMILES string of the molecule is CCOC(=O)Cc1nn(Cc2nc3cc(Cl)ccc3o2)c2ccccc12. The van der Waals surface area contributed by atoms with Crippen LogP contribution in [-0.2, 0) is 22.5 Å². The number of carbonyl (C=O) groups is 1. The van der Waals surface area contributed by atoms with E-state index in [1.165, 1.54) is 0 Å². The summed E-state index contributed by atoms with van der Waals surface area (Å²) in [7, 11) is 0. The van der Waals surface area contributed by atoms with E-state index in [9.17, 15) is 4.79 Å². The molecule has 0 amide bonds. The summed E-state index contributed by atoms with van der Waals surface area (Å²) in [4.78, 5) is 16.3. The molecule has 0 fully saturated rings. The van der Waals surface area contributed by atoms with Gasteiger partial charge in [-0.15, -0.1) is 0 Å². The van der Waals surface area contributed by atoms with Gasteiger partial charge in [0.15, 0.2) is 5.58 Å². The minimum absolute atomic E-state index is 0.129. The maximum atomic E-state index is 11.9. The van der Waals surface area contributed by atoms with E-state index >= 15 is 0 Å². The smallest absolute Gasteiger partial charge is 0.311 e. The van der Waals surface area contributed by atoms with Crippen molar-refractivity contribution < 1.29 is 13.9 Å². The summed E-state index contributed by atoms with van der Waals surface area (Å²) in [6, 6.07) is 13.1. The second-order valence-corrected chi connectivity index (χ2v) is 6.26. The number of hydrogen-bond donors (Lipinski definition) is 0. The van der Waals surface area contributed by atoms with E-state index in [2.05, 4.69) is 10.1 Å². The van der Waals surface area contributed by atoms with Crippen LogP contribution in [0.25, 0.3) is 22.0 Å². The second-order valence-electron chi connectivity index (χ2n) is 5.82. The molecule has 0 saturated carbocycles. The number of hydrogen-bond acceptors (Lipinski definition) is 5. The van der Waals surface area contributed by atoms with Crippen molar-refractivity contribution in [1.29, 1.82) is 0 Å². The van der Waals surface area contributed by atoms with Gasteiger partial charge >= 0.3 is 5.97 Å². The third kappa shape index (κ3) is 3.15. The topological polar surface area (TPSA) is 70.2 Å². The monoisotopic (exact) mass is 369 g/mol. The van der Waals surface area contributed by atoms with Crippen molar-refractivity contribution in [2.24, 2.45) is 0 Å². The Labute approximate surface area is 154 Å². The quantitative estimate of drug-likeness (QED) is 0.497. The number of esters is 1. The molecule has 2 aromatic carbocycles. The number of carbonyl (C=O) groups excluding carboxylic acids is 1. The Morgan fingerprint density at radius 3 is 2.96 bits per heavy atom. The van der Waals surface area contributed by atoms with Crippen molar-refractivity contribution in [2.75, 3.05) is 6.61 Å². The molecule has 2 heterocycles. The zero-order chi connectivity index (χ0) is 18.1. The van der Waals surface area contributed by atoms with Crippen LogP contribution in [0.1, 0.15) is 18.5 Å². The van der Waals surface area contributed by atoms with Crippen LogP contribution in [0.15, 0.2) is 46.9 Å². The van der Waals surface area contributed by atoms with Gasteiger partial charge in [-0.2, -0.15) is 5.10 Å². The number of oxazole rings is 1. The Bertz CT molecular complexity index is 1100. The van der Waals surface area contributed by atoms with Gasteiger partial charge in [0.25, 0.3) is 0 Å². The Balaban J connectivity index is 1.70. The van der Waals surface area contributed by atoms with Gasteiger partial charge in [-0.05, 0) is 31.2 Å². The van der Waals surface area contributed by atoms with Crippen molar-refractivity contribution in [2.45, 2.75) is 19.9 Å². The summed E-state index contributed by atoms with van der Waals surface area (Å²) in [5.41, 5.74) is 2.97. The van der Waals surface area contributed by atoms with Gasteiger partial charge in [-0.1, -0.05) is 29.8 Å². The molecule has 4 aromatic rings. The highest BCUT2D eigenvalue weighted by Gasteiger charge is 2.16. The predicted molar refractivity (Wildman–Crippen MR) is 98.2 cm³/mol. The average Bonchev–Trinajstić information content (AvgIpc) is 3.16. The lowest BCUT2D eigenvalue weighted by Crippen LogP contribution is -2.09. The van der Waals surface area contributed by atoms with Crippen molar-refractivity contribution in [3.05, 3.63) is 59.1 Å². The molecule has 0 radical (unpaired) electrons. The van der Waals surface area contributed by atoms with E-state index in [1.54, 1.807) is 29.8 Å². The van der Waals surface area contributed by atoms with Crippen molar-refractivity contribution in [1.82, 2.24) is 14.8 Å². The summed E-state index contributed by atoms with van der Waals surface area (Å²) >= 11 is 6.00. The molecule has 6 nitrogen and oxygen atoms in total. The van der Waals surface area contributed by atoms with Gasteiger partial charge in [0.1, 0.15) is 12.1 Å². The summed E-state index contributed by atoms with van der Waals surface area (Å²) in [6.45, 7) is 2.49. The fourth-order valence-corrected chi connectivity index (χ4v) is 3.11. The normalized spacial score (nSPS) is 11.3. The van der Waals surface area contributed by atoms with Crippen LogP contribution in [0.3, 0.4) is 0 Å². The fourth-order valence-electron chi connectivity index (χ4n) is 2.94. The molecule has 132 valence electrons. The largest absolute Gasteiger partial charge is 0.466 e. The number of nitrogens with zero attached hydrogens (tertiary/aromatic N) is 3. The maximum absolute atomic E-state index is 11.9. The molecule has 4 rings (SSSR count). The third-order valence-corrected chi connectivity index (χ3v) is 4.27. The molecule has 26 heavy (non-hydrogen) atoms. The Morgan fingerprint density at radius 2 is 2.12 bits per heavy atom. The highest BCUT2D eigenvalue weighted by molar-refractivity contribution is 6.31. The van der Waals surface area contributed by atoms with Gasteiger partial charge in [0.05, 0.1) is 24.2 Å². The molecule has 0 N–H and O–H groups in total. The van der Waals surface area contributed by atoms with Crippen LogP contribution in [0.2, 0.25) is 5.02 Å². The first-order valence-electron chi connectivity index (χ1n) is 8.29. The first-order valence-corrected chi connectivity index (χ1v) is 8.67. The highest BCUT2D eigenvalue weighted by Crippen LogP contribution is 2.23. The van der Waals surface area contributed by atoms with E-state index in [4.69, 9.17) is 20.8 Å². The van der Waals surface area contributed by atoms with Crippen LogP contribution < -0.4 is 0 Å². The third-order valence-electron chi connectivity index (χ3n) is 4.03. The minimum atomic E-state index is -0.292. The number of benzene rings is 2. The lowest BCUT2D eigenvalue weighted by molar-refractivity contribution is -0.142. The second kappa shape index (κ2) is 6.80. The molecule has 0 spiro atoms. The molecule has 0 saturated heterocycles. The molecule has 7 heteroatoms. The van der Waals surface area contributed by atoms with E-state index in [0.717, 1.165) is 10.9 Å². The molecule has 2 aromatic heterocycles. The molecule has 0 unspecified atom stereocenters. The van der Waals surface area contributed by atoms with Crippen LogP contribution in [0.4, 0.5) is 0 Å². The lowest BCUT2D eigenvalue weighted by atomic mass is 10.2. The molecule has 0 aliphatic heterocycles. The van der Waals surface area contributed by atoms with Gasteiger partial charge in [0.2, 0.25) is 5.89 Å². The fraction of sp³-hybridized carbons (Fsp3) is 0.211. The molecular formula is C19H16ClN3O3. The maximum Gasteiger partial charge on any atom is 0.311 e. The molecule has 0 aliphatic carbocycles. The standard InChI is InChI=1S/C19H16ClN3O3/c1-2-25-19(24)10-14-13-5-3-4-6-16(13)23(22-14)11-18-21-15-9-12(20)7-8-17(15)26-18/h3-9H,2,10-11H2,1H3. The molecule has 0 atom stereocenters. The lowest BCUT2D eigenvalue weighted by Gasteiger charge is -1.99. The number of rotatable bonds is 5. The van der Waals surface area contributed by atoms with E-state index in [-0.39, 0.29) is 12.4 Å². The van der Waals surface area contributed by atoms with Crippen LogP contribution in [-0.4, -0.2) is 27.3 Å². The van der Waals surface area contributed by atoms with E-state index in [0.29, 0.717) is 40.9 Å². The number of para-hydroxylation sites is 1. The Morgan fingerprint density at radius 1 is 1.27 bits per heavy atom. The van der Waals surface area contributed by atoms with Crippen LogP contribution in [0.5, 0.6) is 0 Å². The van der Waals surface area contributed by atoms with Gasteiger partial charge in [-0.25, -0.2) is 4.98 Å². The van der Waals surface area contributed by atoms with Crippen LogP contribution >= 0.6 is 11.6 Å². The molecule has 0 bridgehead atoms. The first kappa shape index (κ1) is 16.6. The average molecular weight is 370 g/mol. The Hall–Kier alpha value is -2.86. The van der Waals surface area contributed by atoms with E-state index < -0.39 is 0 Å². The molecular weight excluding hydrogens is 354 g/mol. The number of halogens is 1. The minimum Gasteiger partial charge on any atom is -0.466 e. The summed E-state index contributed by atoms with van der Waals surface area (Å²) < 4.78 is 12.6. The van der Waals surface area contributed by atoms with Gasteiger partial charge in [0, 0.05) is 10.4 Å².